The molecule has 23 heavy (non-hydrogen) atoms. The predicted molar refractivity (Wildman–Crippen MR) is 84.4 cm³/mol. The molecule has 1 aromatic rings. The Morgan fingerprint density at radius 2 is 2.13 bits per heavy atom. The second-order valence-corrected chi connectivity index (χ2v) is 5.89. The molecule has 0 spiro atoms. The lowest BCUT2D eigenvalue weighted by Gasteiger charge is -2.55. The summed E-state index contributed by atoms with van der Waals surface area (Å²) in [6.45, 7) is 4.15. The van der Waals surface area contributed by atoms with Crippen LogP contribution in [-0.2, 0) is 4.74 Å². The second-order valence-electron chi connectivity index (χ2n) is 5.89. The van der Waals surface area contributed by atoms with Crippen molar-refractivity contribution in [1.29, 1.82) is 0 Å². The van der Waals surface area contributed by atoms with Crippen LogP contribution in [0.15, 0.2) is 18.2 Å². The van der Waals surface area contributed by atoms with E-state index in [1.807, 2.05) is 0 Å². The third-order valence-corrected chi connectivity index (χ3v) is 5.13. The minimum atomic E-state index is -0.689. The molecule has 126 valence electrons. The number of hydrogen-bond donors (Lipinski definition) is 2. The maximum atomic E-state index is 12.4. The van der Waals surface area contributed by atoms with Crippen molar-refractivity contribution < 1.29 is 19.6 Å². The number of nitro groups is 1. The molecule has 0 unspecified atom stereocenters. The summed E-state index contributed by atoms with van der Waals surface area (Å²) in [5.74, 6) is -0.857. The second kappa shape index (κ2) is 6.54. The number of phenols is 1. The van der Waals surface area contributed by atoms with Crippen LogP contribution in [0.3, 0.4) is 0 Å². The quantitative estimate of drug-likeness (QED) is 0.619. The molecule has 7 nitrogen and oxygen atoms in total. The molecule has 1 amide bonds. The van der Waals surface area contributed by atoms with E-state index in [1.165, 1.54) is 6.07 Å². The molecule has 0 saturated heterocycles. The van der Waals surface area contributed by atoms with Crippen molar-refractivity contribution in [2.75, 3.05) is 7.11 Å². The number of ether oxygens (including phenoxy) is 1. The lowest BCUT2D eigenvalue weighted by Crippen LogP contribution is -2.64. The highest BCUT2D eigenvalue weighted by atomic mass is 16.6. The van der Waals surface area contributed by atoms with Gasteiger partial charge in [-0.15, -0.1) is 0 Å². The van der Waals surface area contributed by atoms with E-state index < -0.39 is 16.4 Å². The van der Waals surface area contributed by atoms with Crippen molar-refractivity contribution in [3.05, 3.63) is 33.9 Å². The van der Waals surface area contributed by atoms with Crippen LogP contribution in [0.2, 0.25) is 0 Å². The Bertz CT molecular complexity index is 612. The van der Waals surface area contributed by atoms with E-state index in [2.05, 4.69) is 19.2 Å². The molecule has 0 heterocycles. The minimum absolute atomic E-state index is 0.00714. The van der Waals surface area contributed by atoms with Gasteiger partial charge in [0.05, 0.1) is 11.0 Å². The highest BCUT2D eigenvalue weighted by Crippen LogP contribution is 2.48. The Kier molecular flexibility index (Phi) is 4.89. The number of phenolic OH excluding ortho intramolecular Hbond substituents is 1. The number of rotatable bonds is 6. The van der Waals surface area contributed by atoms with E-state index in [0.29, 0.717) is 0 Å². The van der Waals surface area contributed by atoms with Crippen molar-refractivity contribution in [3.8, 4) is 5.75 Å². The first-order valence-corrected chi connectivity index (χ1v) is 7.70. The summed E-state index contributed by atoms with van der Waals surface area (Å²) in [6.07, 6.45) is 2.63. The van der Waals surface area contributed by atoms with Gasteiger partial charge in [-0.05, 0) is 31.4 Å². The number of carbonyl (C=O) groups excluding carboxylic acids is 1. The Morgan fingerprint density at radius 1 is 1.48 bits per heavy atom. The standard InChI is InChI=1S/C16H22N2O5/c1-4-16(5-2)13(9-14(16)23-3)17-15(20)10-6-7-11(18(21)22)12(19)8-10/h6-8,13-14,19H,4-5,9H2,1-3H3,(H,17,20)/t13-,14-/m1/s1. The van der Waals surface area contributed by atoms with Gasteiger partial charge in [-0.1, -0.05) is 13.8 Å². The van der Waals surface area contributed by atoms with E-state index in [9.17, 15) is 20.0 Å². The van der Waals surface area contributed by atoms with Gasteiger partial charge in [0.1, 0.15) is 0 Å². The Balaban J connectivity index is 2.14. The molecule has 2 atom stereocenters. The fourth-order valence-corrected chi connectivity index (χ4v) is 3.54. The monoisotopic (exact) mass is 322 g/mol. The van der Waals surface area contributed by atoms with Crippen LogP contribution in [-0.4, -0.2) is 35.2 Å². The zero-order valence-electron chi connectivity index (χ0n) is 13.5. The lowest BCUT2D eigenvalue weighted by atomic mass is 9.58. The summed E-state index contributed by atoms with van der Waals surface area (Å²) in [6, 6.07) is 3.60. The maximum absolute atomic E-state index is 12.4. The molecule has 1 aliphatic carbocycles. The predicted octanol–water partition coefficient (Wildman–Crippen LogP) is 2.62. The smallest absolute Gasteiger partial charge is 0.310 e. The third-order valence-electron chi connectivity index (χ3n) is 5.13. The van der Waals surface area contributed by atoms with Crippen molar-refractivity contribution in [2.45, 2.75) is 45.3 Å². The van der Waals surface area contributed by atoms with E-state index in [-0.39, 0.29) is 29.0 Å². The van der Waals surface area contributed by atoms with E-state index >= 15 is 0 Å². The van der Waals surface area contributed by atoms with Gasteiger partial charge in [0.25, 0.3) is 5.91 Å². The van der Waals surface area contributed by atoms with Crippen LogP contribution in [0.5, 0.6) is 5.75 Å². The molecule has 2 rings (SSSR count). The number of nitrogens with zero attached hydrogens (tertiary/aromatic N) is 1. The SMILES string of the molecule is CCC1(CC)[C@H](NC(=O)c2ccc([N+](=O)[O-])c(O)c2)C[C@H]1OC. The molecular weight excluding hydrogens is 300 g/mol. The van der Waals surface area contributed by atoms with Crippen molar-refractivity contribution >= 4 is 11.6 Å². The summed E-state index contributed by atoms with van der Waals surface area (Å²) >= 11 is 0. The molecule has 1 fully saturated rings. The molecule has 2 N–H and O–H groups in total. The fraction of sp³-hybridized carbons (Fsp3) is 0.562. The zero-order chi connectivity index (χ0) is 17.2. The molecular formula is C16H22N2O5. The Morgan fingerprint density at radius 3 is 2.61 bits per heavy atom. The Labute approximate surface area is 134 Å². The van der Waals surface area contributed by atoms with Gasteiger partial charge >= 0.3 is 5.69 Å². The third kappa shape index (κ3) is 2.88. The van der Waals surface area contributed by atoms with Crippen LogP contribution < -0.4 is 5.32 Å². The molecule has 0 aliphatic heterocycles. The molecule has 0 radical (unpaired) electrons. The average Bonchev–Trinajstić information content (AvgIpc) is 2.51. The molecule has 1 aliphatic rings. The summed E-state index contributed by atoms with van der Waals surface area (Å²) < 4.78 is 5.50. The fourth-order valence-electron chi connectivity index (χ4n) is 3.54. The van der Waals surface area contributed by atoms with Crippen molar-refractivity contribution in [1.82, 2.24) is 5.32 Å². The molecule has 1 aromatic carbocycles. The molecule has 0 bridgehead atoms. The summed E-state index contributed by atoms with van der Waals surface area (Å²) in [4.78, 5) is 22.4. The number of hydrogen-bond acceptors (Lipinski definition) is 5. The van der Waals surface area contributed by atoms with E-state index in [4.69, 9.17) is 4.74 Å². The molecule has 0 aromatic heterocycles. The summed E-state index contributed by atoms with van der Waals surface area (Å²) in [5, 5.41) is 23.3. The van der Waals surface area contributed by atoms with Crippen LogP contribution >= 0.6 is 0 Å². The maximum Gasteiger partial charge on any atom is 0.310 e. The normalized spacial score (nSPS) is 22.2. The van der Waals surface area contributed by atoms with Gasteiger partial charge in [-0.3, -0.25) is 14.9 Å². The zero-order valence-corrected chi connectivity index (χ0v) is 13.5. The molecule has 7 heteroatoms. The number of nitro benzene ring substituents is 1. The number of nitrogens with one attached hydrogen (secondary N) is 1. The van der Waals surface area contributed by atoms with Crippen LogP contribution in [0, 0.1) is 15.5 Å². The minimum Gasteiger partial charge on any atom is -0.502 e. The summed E-state index contributed by atoms with van der Waals surface area (Å²) in [7, 11) is 1.68. The average molecular weight is 322 g/mol. The van der Waals surface area contributed by atoms with Gasteiger partial charge in [0.15, 0.2) is 5.75 Å². The van der Waals surface area contributed by atoms with E-state index in [0.717, 1.165) is 31.4 Å². The highest BCUT2D eigenvalue weighted by Gasteiger charge is 2.53. The first-order valence-electron chi connectivity index (χ1n) is 7.70. The largest absolute Gasteiger partial charge is 0.502 e. The van der Waals surface area contributed by atoms with Crippen LogP contribution in [0.1, 0.15) is 43.5 Å². The van der Waals surface area contributed by atoms with Crippen LogP contribution in [0.25, 0.3) is 0 Å². The van der Waals surface area contributed by atoms with Crippen molar-refractivity contribution in [2.24, 2.45) is 5.41 Å². The Hall–Kier alpha value is -2.15. The number of aromatic hydroxyl groups is 1. The number of amides is 1. The van der Waals surface area contributed by atoms with Gasteiger partial charge in [0.2, 0.25) is 0 Å². The van der Waals surface area contributed by atoms with Gasteiger partial charge in [0, 0.05) is 30.2 Å². The highest BCUT2D eigenvalue weighted by molar-refractivity contribution is 5.95. The molecule has 1 saturated carbocycles. The van der Waals surface area contributed by atoms with Gasteiger partial charge in [-0.2, -0.15) is 0 Å². The van der Waals surface area contributed by atoms with Crippen molar-refractivity contribution in [3.63, 3.8) is 0 Å². The first-order chi connectivity index (χ1) is 10.9. The van der Waals surface area contributed by atoms with Gasteiger partial charge in [-0.25, -0.2) is 0 Å². The number of methoxy groups -OCH3 is 1. The number of carbonyl (C=O) groups is 1. The number of benzene rings is 1. The summed E-state index contributed by atoms with van der Waals surface area (Å²) in [5.41, 5.74) is -0.302. The van der Waals surface area contributed by atoms with Crippen LogP contribution in [0.4, 0.5) is 5.69 Å². The lowest BCUT2D eigenvalue weighted by molar-refractivity contribution is -0.385. The topological polar surface area (TPSA) is 102 Å². The van der Waals surface area contributed by atoms with Gasteiger partial charge < -0.3 is 15.2 Å². The first kappa shape index (κ1) is 17.2. The van der Waals surface area contributed by atoms with E-state index in [1.54, 1.807) is 7.11 Å².